The van der Waals surface area contributed by atoms with E-state index in [9.17, 15) is 18.0 Å². The molecule has 1 amide bonds. The fourth-order valence-electron chi connectivity index (χ4n) is 2.98. The van der Waals surface area contributed by atoms with Crippen molar-refractivity contribution < 1.29 is 22.7 Å². The minimum Gasteiger partial charge on any atom is -0.495 e. The van der Waals surface area contributed by atoms with Crippen LogP contribution in [0.3, 0.4) is 0 Å². The van der Waals surface area contributed by atoms with Gasteiger partial charge in [0.25, 0.3) is 15.9 Å². The van der Waals surface area contributed by atoms with Crippen LogP contribution in [-0.4, -0.2) is 27.2 Å². The SMILES string of the molecule is COc1ccc(S(=O)(=O)Nc2cccc(C(C)=O)c2)cc1NC(=O)c1ccccc1C. The van der Waals surface area contributed by atoms with Crippen LogP contribution in [0.25, 0.3) is 0 Å². The van der Waals surface area contributed by atoms with Crippen LogP contribution in [0, 0.1) is 6.92 Å². The number of carbonyl (C=O) groups is 2. The molecule has 0 aliphatic rings. The molecule has 8 heteroatoms. The summed E-state index contributed by atoms with van der Waals surface area (Å²) in [6.07, 6.45) is 0. The van der Waals surface area contributed by atoms with Crippen LogP contribution >= 0.6 is 0 Å². The van der Waals surface area contributed by atoms with Gasteiger partial charge in [-0.3, -0.25) is 14.3 Å². The van der Waals surface area contributed by atoms with Gasteiger partial charge in [-0.1, -0.05) is 30.3 Å². The minimum absolute atomic E-state index is 0.0680. The van der Waals surface area contributed by atoms with Gasteiger partial charge in [-0.05, 0) is 55.8 Å². The molecule has 0 aliphatic heterocycles. The molecule has 3 rings (SSSR count). The van der Waals surface area contributed by atoms with Crippen molar-refractivity contribution in [2.24, 2.45) is 0 Å². The Balaban J connectivity index is 1.92. The quantitative estimate of drug-likeness (QED) is 0.537. The number of ether oxygens (including phenoxy) is 1. The van der Waals surface area contributed by atoms with Crippen LogP contribution in [0.2, 0.25) is 0 Å². The van der Waals surface area contributed by atoms with Crippen molar-refractivity contribution in [2.45, 2.75) is 18.7 Å². The van der Waals surface area contributed by atoms with Crippen molar-refractivity contribution in [2.75, 3.05) is 17.1 Å². The third kappa shape index (κ3) is 5.10. The molecule has 0 atom stereocenters. The average molecular weight is 439 g/mol. The topological polar surface area (TPSA) is 102 Å². The minimum atomic E-state index is -3.98. The number of anilines is 2. The Morgan fingerprint density at radius 2 is 1.68 bits per heavy atom. The molecular weight excluding hydrogens is 416 g/mol. The fourth-order valence-corrected chi connectivity index (χ4v) is 4.06. The van der Waals surface area contributed by atoms with Crippen molar-refractivity contribution in [3.05, 3.63) is 83.4 Å². The molecule has 0 fully saturated rings. The number of Topliss-reactive ketones (excluding diaryl/α,β-unsaturated/α-hetero) is 1. The summed E-state index contributed by atoms with van der Waals surface area (Å²) in [5.74, 6) is -0.237. The standard InChI is InChI=1S/C23H22N2O5S/c1-15-7-4-5-10-20(15)23(27)24-21-14-19(11-12-22(21)30-3)31(28,29)25-18-9-6-8-17(13-18)16(2)26/h4-14,25H,1-3H3,(H,24,27). The molecule has 0 aliphatic carbocycles. The van der Waals surface area contributed by atoms with Crippen LogP contribution < -0.4 is 14.8 Å². The lowest BCUT2D eigenvalue weighted by Crippen LogP contribution is -2.16. The zero-order chi connectivity index (χ0) is 22.6. The number of aryl methyl sites for hydroxylation is 1. The number of carbonyl (C=O) groups excluding carboxylic acids is 2. The Morgan fingerprint density at radius 3 is 2.35 bits per heavy atom. The van der Waals surface area contributed by atoms with Crippen molar-refractivity contribution in [1.82, 2.24) is 0 Å². The van der Waals surface area contributed by atoms with E-state index >= 15 is 0 Å². The third-order valence-electron chi connectivity index (χ3n) is 4.64. The first kappa shape index (κ1) is 22.0. The number of hydrogen-bond acceptors (Lipinski definition) is 5. The number of hydrogen-bond donors (Lipinski definition) is 2. The van der Waals surface area contributed by atoms with E-state index in [1.165, 1.54) is 38.3 Å². The van der Waals surface area contributed by atoms with Gasteiger partial charge in [-0.15, -0.1) is 0 Å². The lowest BCUT2D eigenvalue weighted by molar-refractivity contribution is 0.101. The van der Waals surface area contributed by atoms with Crippen LogP contribution in [0.4, 0.5) is 11.4 Å². The van der Waals surface area contributed by atoms with Gasteiger partial charge in [0.1, 0.15) is 5.75 Å². The number of methoxy groups -OCH3 is 1. The molecule has 0 aromatic heterocycles. The Bertz CT molecular complexity index is 1250. The summed E-state index contributed by atoms with van der Waals surface area (Å²) in [6, 6.07) is 17.4. The molecule has 0 saturated heterocycles. The zero-order valence-corrected chi connectivity index (χ0v) is 18.1. The lowest BCUT2D eigenvalue weighted by atomic mass is 10.1. The number of amides is 1. The van der Waals surface area contributed by atoms with Crippen LogP contribution in [0.1, 0.15) is 33.2 Å². The molecule has 3 aromatic carbocycles. The maximum atomic E-state index is 12.9. The summed E-state index contributed by atoms with van der Waals surface area (Å²) in [4.78, 5) is 24.2. The number of ketones is 1. The van der Waals surface area contributed by atoms with E-state index in [-0.39, 0.29) is 28.0 Å². The van der Waals surface area contributed by atoms with E-state index in [1.807, 2.05) is 19.1 Å². The smallest absolute Gasteiger partial charge is 0.261 e. The van der Waals surface area contributed by atoms with Gasteiger partial charge in [-0.2, -0.15) is 0 Å². The zero-order valence-electron chi connectivity index (χ0n) is 17.3. The summed E-state index contributed by atoms with van der Waals surface area (Å²) in [6.45, 7) is 3.21. The Labute approximate surface area is 181 Å². The predicted molar refractivity (Wildman–Crippen MR) is 119 cm³/mol. The second-order valence-electron chi connectivity index (χ2n) is 6.87. The van der Waals surface area contributed by atoms with E-state index in [0.717, 1.165) is 5.56 Å². The van der Waals surface area contributed by atoms with E-state index in [0.29, 0.717) is 16.9 Å². The highest BCUT2D eigenvalue weighted by Crippen LogP contribution is 2.29. The van der Waals surface area contributed by atoms with E-state index in [4.69, 9.17) is 4.74 Å². The molecule has 0 spiro atoms. The van der Waals surface area contributed by atoms with E-state index < -0.39 is 10.0 Å². The molecule has 2 N–H and O–H groups in total. The van der Waals surface area contributed by atoms with Crippen molar-refractivity contribution in [3.63, 3.8) is 0 Å². The van der Waals surface area contributed by atoms with Gasteiger partial charge >= 0.3 is 0 Å². The highest BCUT2D eigenvalue weighted by molar-refractivity contribution is 7.92. The second-order valence-corrected chi connectivity index (χ2v) is 8.56. The first-order chi connectivity index (χ1) is 14.7. The lowest BCUT2D eigenvalue weighted by Gasteiger charge is -2.14. The fraction of sp³-hybridized carbons (Fsp3) is 0.130. The normalized spacial score (nSPS) is 10.9. The summed E-state index contributed by atoms with van der Waals surface area (Å²) in [5, 5.41) is 2.72. The molecule has 0 bridgehead atoms. The summed E-state index contributed by atoms with van der Waals surface area (Å²) in [7, 11) is -2.55. The van der Waals surface area contributed by atoms with Gasteiger partial charge in [0.15, 0.2) is 5.78 Å². The molecule has 31 heavy (non-hydrogen) atoms. The molecular formula is C23H22N2O5S. The van der Waals surface area contributed by atoms with Crippen LogP contribution in [-0.2, 0) is 10.0 Å². The maximum Gasteiger partial charge on any atom is 0.261 e. The van der Waals surface area contributed by atoms with Crippen molar-refractivity contribution in [1.29, 1.82) is 0 Å². The number of nitrogens with one attached hydrogen (secondary N) is 2. The molecule has 0 saturated carbocycles. The molecule has 160 valence electrons. The summed E-state index contributed by atoms with van der Waals surface area (Å²) >= 11 is 0. The largest absolute Gasteiger partial charge is 0.495 e. The van der Waals surface area contributed by atoms with Gasteiger partial charge < -0.3 is 10.1 Å². The van der Waals surface area contributed by atoms with E-state index in [2.05, 4.69) is 10.0 Å². The number of sulfonamides is 1. The maximum absolute atomic E-state index is 12.9. The summed E-state index contributed by atoms with van der Waals surface area (Å²) in [5.41, 5.74) is 2.12. The monoisotopic (exact) mass is 438 g/mol. The highest BCUT2D eigenvalue weighted by atomic mass is 32.2. The van der Waals surface area contributed by atoms with Crippen molar-refractivity contribution >= 4 is 33.1 Å². The van der Waals surface area contributed by atoms with Gasteiger partial charge in [0, 0.05) is 16.8 Å². The molecule has 0 heterocycles. The van der Waals surface area contributed by atoms with Gasteiger partial charge in [0.05, 0.1) is 17.7 Å². The number of rotatable bonds is 7. The first-order valence-electron chi connectivity index (χ1n) is 9.40. The van der Waals surface area contributed by atoms with Gasteiger partial charge in [-0.25, -0.2) is 8.42 Å². The number of benzene rings is 3. The Hall–Kier alpha value is -3.65. The molecule has 0 unspecified atom stereocenters. The predicted octanol–water partition coefficient (Wildman–Crippen LogP) is 4.26. The van der Waals surface area contributed by atoms with Crippen LogP contribution in [0.5, 0.6) is 5.75 Å². The van der Waals surface area contributed by atoms with E-state index in [1.54, 1.807) is 30.3 Å². The molecule has 7 nitrogen and oxygen atoms in total. The first-order valence-corrected chi connectivity index (χ1v) is 10.9. The van der Waals surface area contributed by atoms with Crippen molar-refractivity contribution in [3.8, 4) is 5.75 Å². The highest BCUT2D eigenvalue weighted by Gasteiger charge is 2.19. The Morgan fingerprint density at radius 1 is 0.935 bits per heavy atom. The van der Waals surface area contributed by atoms with Crippen LogP contribution in [0.15, 0.2) is 71.6 Å². The summed E-state index contributed by atoms with van der Waals surface area (Å²) < 4.78 is 33.5. The molecule has 0 radical (unpaired) electrons. The Kier molecular flexibility index (Phi) is 6.41. The second kappa shape index (κ2) is 9.01. The third-order valence-corrected chi connectivity index (χ3v) is 6.02. The van der Waals surface area contributed by atoms with Gasteiger partial charge in [0.2, 0.25) is 0 Å². The average Bonchev–Trinajstić information content (AvgIpc) is 2.73. The molecule has 3 aromatic rings.